The Morgan fingerprint density at radius 2 is 2.10 bits per heavy atom. The van der Waals surface area contributed by atoms with Crippen LogP contribution in [0.3, 0.4) is 0 Å². The van der Waals surface area contributed by atoms with Crippen LogP contribution < -0.4 is 15.2 Å². The van der Waals surface area contributed by atoms with Crippen molar-refractivity contribution in [1.29, 1.82) is 0 Å². The molecule has 0 radical (unpaired) electrons. The number of hydrogen-bond donors (Lipinski definition) is 1. The van der Waals surface area contributed by atoms with E-state index in [2.05, 4.69) is 6.92 Å². The first-order valence-electron chi connectivity index (χ1n) is 6.79. The van der Waals surface area contributed by atoms with Crippen molar-refractivity contribution in [2.24, 2.45) is 5.73 Å². The Morgan fingerprint density at radius 3 is 2.67 bits per heavy atom. The molecule has 0 heterocycles. The molecular formula is C15H22N2O3S. The summed E-state index contributed by atoms with van der Waals surface area (Å²) in [5.74, 6) is 1.06. The normalized spacial score (nSPS) is 10.0. The van der Waals surface area contributed by atoms with Crippen molar-refractivity contribution in [1.82, 2.24) is 4.90 Å². The van der Waals surface area contributed by atoms with Crippen molar-refractivity contribution < 1.29 is 14.3 Å². The highest BCUT2D eigenvalue weighted by atomic mass is 32.1. The highest BCUT2D eigenvalue weighted by Gasteiger charge is 2.12. The lowest BCUT2D eigenvalue weighted by atomic mass is 10.1. The number of methoxy groups -OCH3 is 1. The van der Waals surface area contributed by atoms with E-state index in [1.807, 2.05) is 18.2 Å². The molecule has 2 N–H and O–H groups in total. The summed E-state index contributed by atoms with van der Waals surface area (Å²) in [4.78, 5) is 13.9. The summed E-state index contributed by atoms with van der Waals surface area (Å²) in [6.07, 6.45) is 1.42. The van der Waals surface area contributed by atoms with Crippen LogP contribution in [0.5, 0.6) is 11.5 Å². The van der Waals surface area contributed by atoms with E-state index in [-0.39, 0.29) is 12.5 Å². The molecule has 0 saturated carbocycles. The molecule has 1 aromatic rings. The van der Waals surface area contributed by atoms with Crippen molar-refractivity contribution in [2.75, 3.05) is 27.3 Å². The highest BCUT2D eigenvalue weighted by molar-refractivity contribution is 7.80. The maximum atomic E-state index is 11.9. The van der Waals surface area contributed by atoms with E-state index in [1.165, 1.54) is 0 Å². The molecular weight excluding hydrogens is 288 g/mol. The standard InChI is InChI=1S/C15H22N2O3S/c1-4-11-5-6-12(13(9-11)19-3)20-10-15(18)17(2)8-7-14(16)21/h5-6,9H,4,7-8,10H2,1-3H3,(H2,16,21). The van der Waals surface area contributed by atoms with E-state index >= 15 is 0 Å². The Labute approximate surface area is 131 Å². The largest absolute Gasteiger partial charge is 0.493 e. The smallest absolute Gasteiger partial charge is 0.260 e. The zero-order valence-electron chi connectivity index (χ0n) is 12.7. The van der Waals surface area contributed by atoms with Crippen LogP contribution in [0.1, 0.15) is 18.9 Å². The summed E-state index contributed by atoms with van der Waals surface area (Å²) in [7, 11) is 3.28. The monoisotopic (exact) mass is 310 g/mol. The molecule has 0 fully saturated rings. The van der Waals surface area contributed by atoms with Crippen LogP contribution >= 0.6 is 12.2 Å². The van der Waals surface area contributed by atoms with E-state index in [4.69, 9.17) is 27.4 Å². The number of rotatable bonds is 8. The van der Waals surface area contributed by atoms with Gasteiger partial charge in [0.05, 0.1) is 12.1 Å². The van der Waals surface area contributed by atoms with Crippen molar-refractivity contribution in [3.05, 3.63) is 23.8 Å². The molecule has 0 bridgehead atoms. The van der Waals surface area contributed by atoms with E-state index in [1.54, 1.807) is 19.1 Å². The quantitative estimate of drug-likeness (QED) is 0.741. The lowest BCUT2D eigenvalue weighted by Gasteiger charge is -2.18. The number of amides is 1. The van der Waals surface area contributed by atoms with Gasteiger partial charge in [-0.1, -0.05) is 25.2 Å². The van der Waals surface area contributed by atoms with Crippen LogP contribution in [0, 0.1) is 0 Å². The fraction of sp³-hybridized carbons (Fsp3) is 0.467. The number of thiocarbonyl (C=S) groups is 1. The number of carbonyl (C=O) groups excluding carboxylic acids is 1. The maximum Gasteiger partial charge on any atom is 0.260 e. The van der Waals surface area contributed by atoms with Crippen LogP contribution in [-0.2, 0) is 11.2 Å². The van der Waals surface area contributed by atoms with Gasteiger partial charge in [0.2, 0.25) is 0 Å². The SMILES string of the molecule is CCc1ccc(OCC(=O)N(C)CCC(N)=S)c(OC)c1. The van der Waals surface area contributed by atoms with Crippen LogP contribution in [0.25, 0.3) is 0 Å². The fourth-order valence-electron chi connectivity index (χ4n) is 1.70. The Bertz CT molecular complexity index is 506. The van der Waals surface area contributed by atoms with E-state index in [9.17, 15) is 4.79 Å². The second-order valence-electron chi connectivity index (χ2n) is 4.66. The zero-order valence-corrected chi connectivity index (χ0v) is 13.5. The molecule has 1 aromatic carbocycles. The van der Waals surface area contributed by atoms with Gasteiger partial charge >= 0.3 is 0 Å². The summed E-state index contributed by atoms with van der Waals surface area (Å²) >= 11 is 4.79. The third kappa shape index (κ3) is 5.59. The van der Waals surface area contributed by atoms with Gasteiger partial charge in [-0.2, -0.15) is 0 Å². The van der Waals surface area contributed by atoms with Crippen LogP contribution in [-0.4, -0.2) is 43.1 Å². The van der Waals surface area contributed by atoms with Crippen LogP contribution in [0.2, 0.25) is 0 Å². The third-order valence-electron chi connectivity index (χ3n) is 3.11. The van der Waals surface area contributed by atoms with Crippen molar-refractivity contribution in [2.45, 2.75) is 19.8 Å². The molecule has 0 saturated heterocycles. The molecule has 0 aromatic heterocycles. The minimum Gasteiger partial charge on any atom is -0.493 e. The lowest BCUT2D eigenvalue weighted by molar-refractivity contribution is -0.131. The number of benzene rings is 1. The van der Waals surface area contributed by atoms with Gasteiger partial charge in [0, 0.05) is 20.0 Å². The second kappa shape index (κ2) is 8.46. The molecule has 6 heteroatoms. The first kappa shape index (κ1) is 17.2. The molecule has 0 aliphatic rings. The number of likely N-dealkylation sites (N-methyl/N-ethyl adjacent to an activating group) is 1. The Hall–Kier alpha value is -1.82. The summed E-state index contributed by atoms with van der Waals surface area (Å²) in [5, 5.41) is 0. The number of nitrogens with two attached hydrogens (primary N) is 1. The Balaban J connectivity index is 2.58. The zero-order chi connectivity index (χ0) is 15.8. The third-order valence-corrected chi connectivity index (χ3v) is 3.31. The van der Waals surface area contributed by atoms with Gasteiger partial charge in [0.25, 0.3) is 5.91 Å². The molecule has 21 heavy (non-hydrogen) atoms. The average Bonchev–Trinajstić information content (AvgIpc) is 2.49. The van der Waals surface area contributed by atoms with Gasteiger partial charge in [0.1, 0.15) is 0 Å². The predicted octanol–water partition coefficient (Wildman–Crippen LogP) is 1.77. The minimum atomic E-state index is -0.132. The van der Waals surface area contributed by atoms with Gasteiger partial charge in [-0.3, -0.25) is 4.79 Å². The topological polar surface area (TPSA) is 64.8 Å². The molecule has 1 amide bonds. The second-order valence-corrected chi connectivity index (χ2v) is 5.18. The molecule has 5 nitrogen and oxygen atoms in total. The van der Waals surface area contributed by atoms with Gasteiger partial charge in [-0.15, -0.1) is 0 Å². The fourth-order valence-corrected chi connectivity index (χ4v) is 1.79. The number of nitrogens with zero attached hydrogens (tertiary/aromatic N) is 1. The number of hydrogen-bond acceptors (Lipinski definition) is 4. The minimum absolute atomic E-state index is 0.0460. The van der Waals surface area contributed by atoms with Crippen LogP contribution in [0.4, 0.5) is 0 Å². The average molecular weight is 310 g/mol. The van der Waals surface area contributed by atoms with Crippen molar-refractivity contribution in [3.8, 4) is 11.5 Å². The van der Waals surface area contributed by atoms with Gasteiger partial charge in [-0.25, -0.2) is 0 Å². The summed E-state index contributed by atoms with van der Waals surface area (Å²) in [6, 6.07) is 5.69. The highest BCUT2D eigenvalue weighted by Crippen LogP contribution is 2.28. The van der Waals surface area contributed by atoms with Crippen molar-refractivity contribution in [3.63, 3.8) is 0 Å². The van der Waals surface area contributed by atoms with E-state index < -0.39 is 0 Å². The molecule has 0 unspecified atom stereocenters. The Kier molecular flexibility index (Phi) is 6.94. The van der Waals surface area contributed by atoms with E-state index in [0.717, 1.165) is 12.0 Å². The lowest BCUT2D eigenvalue weighted by Crippen LogP contribution is -2.33. The Morgan fingerprint density at radius 1 is 1.38 bits per heavy atom. The molecule has 0 spiro atoms. The number of aryl methyl sites for hydroxylation is 1. The van der Waals surface area contributed by atoms with E-state index in [0.29, 0.717) is 29.5 Å². The first-order chi connectivity index (χ1) is 9.97. The molecule has 0 atom stereocenters. The summed E-state index contributed by atoms with van der Waals surface area (Å²) < 4.78 is 10.8. The molecule has 0 aliphatic heterocycles. The maximum absolute atomic E-state index is 11.9. The summed E-state index contributed by atoms with van der Waals surface area (Å²) in [5.41, 5.74) is 6.57. The van der Waals surface area contributed by atoms with Crippen LogP contribution in [0.15, 0.2) is 18.2 Å². The first-order valence-corrected chi connectivity index (χ1v) is 7.20. The molecule has 0 aliphatic carbocycles. The number of ether oxygens (including phenoxy) is 2. The number of carbonyl (C=O) groups is 1. The molecule has 1 rings (SSSR count). The van der Waals surface area contributed by atoms with Gasteiger partial charge in [-0.05, 0) is 24.1 Å². The van der Waals surface area contributed by atoms with Gasteiger partial charge < -0.3 is 20.1 Å². The van der Waals surface area contributed by atoms with Gasteiger partial charge in [0.15, 0.2) is 18.1 Å². The predicted molar refractivity (Wildman–Crippen MR) is 86.9 cm³/mol. The molecule has 116 valence electrons. The summed E-state index contributed by atoms with van der Waals surface area (Å²) in [6.45, 7) is 2.51. The van der Waals surface area contributed by atoms with Crippen molar-refractivity contribution >= 4 is 23.1 Å².